The summed E-state index contributed by atoms with van der Waals surface area (Å²) in [5.74, 6) is -0.187. The maximum atomic E-state index is 13.1. The van der Waals surface area contributed by atoms with Gasteiger partial charge in [0.1, 0.15) is 24.4 Å². The smallest absolute Gasteiger partial charge is 0.220 e. The molecule has 1 aliphatic rings. The highest BCUT2D eigenvalue weighted by Crippen LogP contribution is 2.23. The zero-order chi connectivity index (χ0) is 59.3. The first-order chi connectivity index (χ1) is 40.3. The predicted octanol–water partition coefficient (Wildman–Crippen LogP) is 18.9. The molecule has 1 rings (SSSR count). The second-order valence-corrected chi connectivity index (χ2v) is 23.9. The third-order valence-corrected chi connectivity index (χ3v) is 16.2. The summed E-state index contributed by atoms with van der Waals surface area (Å²) in [6, 6.07) is -0.831. The fourth-order valence-electron chi connectivity index (χ4n) is 10.8. The molecule has 82 heavy (non-hydrogen) atoms. The molecule has 0 aromatic rings. The van der Waals surface area contributed by atoms with E-state index in [1.54, 1.807) is 6.08 Å². The van der Waals surface area contributed by atoms with Crippen molar-refractivity contribution >= 4 is 5.91 Å². The van der Waals surface area contributed by atoms with Crippen molar-refractivity contribution in [1.82, 2.24) is 5.32 Å². The Kier molecular flexibility index (Phi) is 58.0. The zero-order valence-corrected chi connectivity index (χ0v) is 53.2. The van der Waals surface area contributed by atoms with Crippen molar-refractivity contribution in [3.8, 4) is 0 Å². The van der Waals surface area contributed by atoms with E-state index in [2.05, 4.69) is 92.1 Å². The number of carbonyl (C=O) groups excluding carboxylic acids is 1. The van der Waals surface area contributed by atoms with Crippen LogP contribution in [-0.2, 0) is 14.3 Å². The van der Waals surface area contributed by atoms with Crippen molar-refractivity contribution in [2.75, 3.05) is 13.2 Å². The summed E-state index contributed by atoms with van der Waals surface area (Å²) in [7, 11) is 0. The van der Waals surface area contributed by atoms with E-state index in [-0.39, 0.29) is 12.5 Å². The molecule has 9 nitrogen and oxygen atoms in total. The number of hydrogen-bond donors (Lipinski definition) is 6. The molecular formula is C73H131NO8. The van der Waals surface area contributed by atoms with E-state index in [1.165, 1.54) is 225 Å². The van der Waals surface area contributed by atoms with E-state index in [1.807, 2.05) is 6.08 Å². The molecule has 6 N–H and O–H groups in total. The summed E-state index contributed by atoms with van der Waals surface area (Å²) < 4.78 is 11.3. The topological polar surface area (TPSA) is 149 Å². The SMILES string of the molecule is CC/C=C\C/C=C\C/C=C\C/C=C\CCCCCCCCCCCCCCCCCCCCCCCCCCC(=O)NC(COC1OC(CO)C(O)C(O)C1O)C(O)/C=C/CC/C=C/CC/C=C/CCCCCCCCCCCCCC. The molecule has 1 aliphatic heterocycles. The third-order valence-electron chi connectivity index (χ3n) is 16.2. The predicted molar refractivity (Wildman–Crippen MR) is 350 cm³/mol. The van der Waals surface area contributed by atoms with Gasteiger partial charge in [-0.05, 0) is 83.5 Å². The van der Waals surface area contributed by atoms with Crippen LogP contribution in [0.5, 0.6) is 0 Å². The Morgan fingerprint density at radius 3 is 1.17 bits per heavy atom. The van der Waals surface area contributed by atoms with Gasteiger partial charge < -0.3 is 40.3 Å². The number of amides is 1. The first-order valence-corrected chi connectivity index (χ1v) is 34.8. The van der Waals surface area contributed by atoms with Crippen LogP contribution in [0.15, 0.2) is 85.1 Å². The minimum atomic E-state index is -1.58. The summed E-state index contributed by atoms with van der Waals surface area (Å²) in [5.41, 5.74) is 0. The van der Waals surface area contributed by atoms with Gasteiger partial charge >= 0.3 is 0 Å². The van der Waals surface area contributed by atoms with Gasteiger partial charge in [0.05, 0.1) is 25.4 Å². The Morgan fingerprint density at radius 2 is 0.768 bits per heavy atom. The molecule has 0 radical (unpaired) electrons. The van der Waals surface area contributed by atoms with Gasteiger partial charge in [0.2, 0.25) is 5.91 Å². The van der Waals surface area contributed by atoms with E-state index in [0.717, 1.165) is 70.6 Å². The maximum Gasteiger partial charge on any atom is 0.220 e. The molecule has 476 valence electrons. The largest absolute Gasteiger partial charge is 0.394 e. The first-order valence-electron chi connectivity index (χ1n) is 34.8. The van der Waals surface area contributed by atoms with Gasteiger partial charge in [-0.1, -0.05) is 311 Å². The average molecular weight is 1150 g/mol. The van der Waals surface area contributed by atoms with Crippen LogP contribution in [0.3, 0.4) is 0 Å². The number of allylic oxidation sites excluding steroid dienone is 13. The fourth-order valence-corrected chi connectivity index (χ4v) is 10.8. The Bertz CT molecular complexity index is 1570. The Labute approximate surface area is 505 Å². The van der Waals surface area contributed by atoms with Crippen molar-refractivity contribution in [3.63, 3.8) is 0 Å². The number of ether oxygens (including phenoxy) is 2. The van der Waals surface area contributed by atoms with Crippen LogP contribution >= 0.6 is 0 Å². The number of rotatable bonds is 60. The normalized spacial score (nSPS) is 18.8. The standard InChI is InChI=1S/C73H131NO8/c1-3-5-7-9-11-13-15-17-19-21-23-25-27-28-29-30-31-32-33-34-35-36-37-38-39-40-41-43-45-47-49-51-53-55-57-59-61-63-69(77)74-66(65-81-73-72(80)71(79)70(78)68(64-75)82-73)67(76)62-60-58-56-54-52-50-48-46-44-42-26-24-22-20-18-16-14-12-10-8-6-4-2/h5,7,11,13,17,19,23,25,44,46,52,54,60,62,66-68,70-73,75-76,78-80H,3-4,6,8-10,12,14-16,18,20-22,24,26-43,45,47-51,53,55-59,61,63-65H2,1-2H3,(H,74,77)/b7-5-,13-11-,19-17-,25-23-,46-44+,54-52+,62-60+. The van der Waals surface area contributed by atoms with E-state index in [9.17, 15) is 30.3 Å². The minimum Gasteiger partial charge on any atom is -0.394 e. The highest BCUT2D eigenvalue weighted by Gasteiger charge is 2.44. The molecule has 9 heteroatoms. The molecule has 0 aromatic carbocycles. The van der Waals surface area contributed by atoms with E-state index < -0.39 is 49.5 Å². The number of nitrogens with one attached hydrogen (secondary N) is 1. The number of aliphatic hydroxyl groups excluding tert-OH is 5. The summed E-state index contributed by atoms with van der Waals surface area (Å²) in [6.07, 6.45) is 81.3. The summed E-state index contributed by atoms with van der Waals surface area (Å²) in [5, 5.41) is 54.7. The molecule has 1 fully saturated rings. The Morgan fingerprint density at radius 1 is 0.427 bits per heavy atom. The first kappa shape index (κ1) is 77.4. The van der Waals surface area contributed by atoms with Gasteiger partial charge in [-0.15, -0.1) is 0 Å². The molecule has 0 saturated carbocycles. The van der Waals surface area contributed by atoms with Gasteiger partial charge in [-0.3, -0.25) is 4.79 Å². The van der Waals surface area contributed by atoms with Crippen LogP contribution in [-0.4, -0.2) is 87.5 Å². The molecule has 1 saturated heterocycles. The lowest BCUT2D eigenvalue weighted by Gasteiger charge is -2.40. The van der Waals surface area contributed by atoms with E-state index >= 15 is 0 Å². The quantitative estimate of drug-likeness (QED) is 0.0261. The van der Waals surface area contributed by atoms with Crippen LogP contribution in [0.4, 0.5) is 0 Å². The van der Waals surface area contributed by atoms with Gasteiger partial charge in [0.25, 0.3) is 0 Å². The van der Waals surface area contributed by atoms with Crippen LogP contribution in [0.25, 0.3) is 0 Å². The van der Waals surface area contributed by atoms with E-state index in [0.29, 0.717) is 6.42 Å². The zero-order valence-electron chi connectivity index (χ0n) is 53.2. The van der Waals surface area contributed by atoms with Crippen molar-refractivity contribution in [1.29, 1.82) is 0 Å². The number of aliphatic hydroxyl groups is 5. The van der Waals surface area contributed by atoms with Crippen molar-refractivity contribution < 1.29 is 39.8 Å². The highest BCUT2D eigenvalue weighted by molar-refractivity contribution is 5.76. The van der Waals surface area contributed by atoms with Crippen molar-refractivity contribution in [3.05, 3.63) is 85.1 Å². The van der Waals surface area contributed by atoms with Crippen LogP contribution in [0, 0.1) is 0 Å². The lowest BCUT2D eigenvalue weighted by atomic mass is 9.99. The van der Waals surface area contributed by atoms with Crippen molar-refractivity contribution in [2.24, 2.45) is 0 Å². The molecule has 1 heterocycles. The average Bonchev–Trinajstić information content (AvgIpc) is 3.59. The second-order valence-electron chi connectivity index (χ2n) is 23.9. The number of carbonyl (C=O) groups is 1. The molecule has 0 bridgehead atoms. The third kappa shape index (κ3) is 49.6. The van der Waals surface area contributed by atoms with Crippen LogP contribution in [0.2, 0.25) is 0 Å². The molecule has 7 unspecified atom stereocenters. The Hall–Kier alpha value is -2.63. The molecule has 1 amide bonds. The molecule has 0 aliphatic carbocycles. The summed E-state index contributed by atoms with van der Waals surface area (Å²) >= 11 is 0. The number of hydrogen-bond acceptors (Lipinski definition) is 8. The Balaban J connectivity index is 2.11. The highest BCUT2D eigenvalue weighted by atomic mass is 16.7. The van der Waals surface area contributed by atoms with Gasteiger partial charge in [0.15, 0.2) is 6.29 Å². The molecule has 0 spiro atoms. The summed E-state index contributed by atoms with van der Waals surface area (Å²) in [6.45, 7) is 3.68. The fraction of sp³-hybridized carbons (Fsp3) is 0.795. The second kappa shape index (κ2) is 61.5. The maximum absolute atomic E-state index is 13.1. The number of unbranched alkanes of at least 4 members (excludes halogenated alkanes) is 38. The van der Waals surface area contributed by atoms with Gasteiger partial charge in [0, 0.05) is 6.42 Å². The monoisotopic (exact) mass is 1150 g/mol. The van der Waals surface area contributed by atoms with Crippen molar-refractivity contribution in [2.45, 2.75) is 358 Å². The molecule has 7 atom stereocenters. The molecular weight excluding hydrogens is 1020 g/mol. The van der Waals surface area contributed by atoms with Gasteiger partial charge in [-0.25, -0.2) is 0 Å². The molecule has 0 aromatic heterocycles. The minimum absolute atomic E-state index is 0.187. The van der Waals surface area contributed by atoms with Gasteiger partial charge in [-0.2, -0.15) is 0 Å². The van der Waals surface area contributed by atoms with E-state index in [4.69, 9.17) is 9.47 Å². The van der Waals surface area contributed by atoms with Crippen LogP contribution < -0.4 is 5.32 Å². The summed E-state index contributed by atoms with van der Waals surface area (Å²) in [4.78, 5) is 13.1. The lowest BCUT2D eigenvalue weighted by Crippen LogP contribution is -2.60. The lowest BCUT2D eigenvalue weighted by molar-refractivity contribution is -0.302. The van der Waals surface area contributed by atoms with Crippen LogP contribution in [0.1, 0.15) is 316 Å².